The minimum Gasteiger partial charge on any atom is -0.490 e. The summed E-state index contributed by atoms with van der Waals surface area (Å²) < 4.78 is 12.3. The van der Waals surface area contributed by atoms with Gasteiger partial charge in [-0.05, 0) is 72.3 Å². The number of carboxylic acid groups (broad SMARTS) is 1. The monoisotopic (exact) mass is 587 g/mol. The molecule has 2 amide bonds. The van der Waals surface area contributed by atoms with Gasteiger partial charge >= 0.3 is 5.97 Å². The first-order chi connectivity index (χ1) is 17.3. The maximum atomic E-state index is 13.0. The largest absolute Gasteiger partial charge is 0.490 e. The molecule has 3 aromatic carbocycles. The highest BCUT2D eigenvalue weighted by atomic mass is 79.9. The molecular weight excluding hydrogens is 570 g/mol. The van der Waals surface area contributed by atoms with E-state index in [0.717, 1.165) is 22.2 Å². The van der Waals surface area contributed by atoms with Crippen LogP contribution < -0.4 is 14.4 Å². The van der Waals surface area contributed by atoms with E-state index in [4.69, 9.17) is 26.2 Å². The van der Waals surface area contributed by atoms with Crippen molar-refractivity contribution in [1.82, 2.24) is 0 Å². The molecule has 0 bridgehead atoms. The highest BCUT2D eigenvalue weighted by molar-refractivity contribution is 9.10. The molecule has 4 rings (SSSR count). The topological polar surface area (TPSA) is 93.1 Å². The summed E-state index contributed by atoms with van der Waals surface area (Å²) in [6, 6.07) is 16.5. The molecule has 0 aromatic heterocycles. The van der Waals surface area contributed by atoms with Crippen LogP contribution in [-0.4, -0.2) is 28.8 Å². The third kappa shape index (κ3) is 5.59. The van der Waals surface area contributed by atoms with Crippen LogP contribution in [0.25, 0.3) is 6.08 Å². The van der Waals surface area contributed by atoms with Crippen molar-refractivity contribution in [3.05, 3.63) is 91.8 Å². The van der Waals surface area contributed by atoms with Crippen LogP contribution in [-0.2, 0) is 11.4 Å². The molecule has 3 aromatic rings. The summed E-state index contributed by atoms with van der Waals surface area (Å²) in [5, 5.41) is 8.92. The van der Waals surface area contributed by atoms with Gasteiger partial charge in [-0.2, -0.15) is 0 Å². The van der Waals surface area contributed by atoms with Gasteiger partial charge in [0.2, 0.25) is 0 Å². The number of para-hydroxylation sites is 1. The second-order valence-electron chi connectivity index (χ2n) is 7.51. The summed E-state index contributed by atoms with van der Waals surface area (Å²) in [4.78, 5) is 38.0. The number of nitrogens with zero attached hydrogens (tertiary/aromatic N) is 1. The fourth-order valence-electron chi connectivity index (χ4n) is 3.40. The van der Waals surface area contributed by atoms with Gasteiger partial charge in [0, 0.05) is 4.47 Å². The van der Waals surface area contributed by atoms with Crippen molar-refractivity contribution in [3.8, 4) is 11.5 Å². The molecule has 0 unspecified atom stereocenters. The molecule has 1 aliphatic rings. The second kappa shape index (κ2) is 11.2. The number of anilines is 1. The van der Waals surface area contributed by atoms with Crippen molar-refractivity contribution in [2.45, 2.75) is 13.5 Å². The lowest BCUT2D eigenvalue weighted by Gasteiger charge is -2.15. The normalized spacial score (nSPS) is 14.4. The summed E-state index contributed by atoms with van der Waals surface area (Å²) >= 11 is 10.5. The highest BCUT2D eigenvalue weighted by Crippen LogP contribution is 2.41. The molecule has 36 heavy (non-hydrogen) atoms. The number of aromatic carboxylic acids is 1. The number of hydrogen-bond donors (Lipinski definition) is 1. The van der Waals surface area contributed by atoms with Crippen LogP contribution in [0.2, 0.25) is 5.02 Å². The number of thioether (sulfide) groups is 1. The summed E-state index contributed by atoms with van der Waals surface area (Å²) in [6.07, 6.45) is 1.61. The molecule has 0 atom stereocenters. The zero-order valence-corrected chi connectivity index (χ0v) is 22.0. The number of rotatable bonds is 8. The average Bonchev–Trinajstić information content (AvgIpc) is 3.13. The van der Waals surface area contributed by atoms with E-state index in [9.17, 15) is 14.4 Å². The molecule has 184 valence electrons. The molecule has 7 nitrogen and oxygen atoms in total. The second-order valence-corrected chi connectivity index (χ2v) is 9.77. The first-order valence-electron chi connectivity index (χ1n) is 10.7. The van der Waals surface area contributed by atoms with E-state index in [0.29, 0.717) is 38.9 Å². The van der Waals surface area contributed by atoms with Crippen molar-refractivity contribution in [1.29, 1.82) is 0 Å². The van der Waals surface area contributed by atoms with Crippen molar-refractivity contribution >= 4 is 68.2 Å². The maximum absolute atomic E-state index is 13.0. The number of ether oxygens (including phenoxy) is 2. The number of hydrogen-bond acceptors (Lipinski definition) is 6. The Balaban J connectivity index is 1.58. The number of imide groups is 1. The lowest BCUT2D eigenvalue weighted by atomic mass is 10.1. The van der Waals surface area contributed by atoms with E-state index in [1.54, 1.807) is 54.6 Å². The zero-order chi connectivity index (χ0) is 25.8. The van der Waals surface area contributed by atoms with Gasteiger partial charge in [0.25, 0.3) is 11.1 Å². The van der Waals surface area contributed by atoms with Gasteiger partial charge in [-0.15, -0.1) is 0 Å². The quantitative estimate of drug-likeness (QED) is 0.283. The number of carboxylic acids is 1. The molecule has 0 radical (unpaired) electrons. The van der Waals surface area contributed by atoms with E-state index in [1.165, 1.54) is 12.1 Å². The smallest absolute Gasteiger partial charge is 0.335 e. The van der Waals surface area contributed by atoms with Gasteiger partial charge in [0.05, 0.1) is 27.8 Å². The average molecular weight is 589 g/mol. The number of halogens is 2. The third-order valence-electron chi connectivity index (χ3n) is 5.13. The van der Waals surface area contributed by atoms with E-state index >= 15 is 0 Å². The van der Waals surface area contributed by atoms with Crippen molar-refractivity contribution in [2.24, 2.45) is 0 Å². The summed E-state index contributed by atoms with van der Waals surface area (Å²) in [5.74, 6) is -0.537. The molecule has 1 fully saturated rings. The third-order valence-corrected chi connectivity index (χ3v) is 7.01. The zero-order valence-electron chi connectivity index (χ0n) is 18.9. The Hall–Kier alpha value is -3.27. The molecule has 1 N–H and O–H groups in total. The Morgan fingerprint density at radius 2 is 1.78 bits per heavy atom. The van der Waals surface area contributed by atoms with Gasteiger partial charge in [0.15, 0.2) is 11.5 Å². The van der Waals surface area contributed by atoms with Gasteiger partial charge in [-0.1, -0.05) is 51.8 Å². The van der Waals surface area contributed by atoms with Gasteiger partial charge in [0.1, 0.15) is 6.61 Å². The summed E-state index contributed by atoms with van der Waals surface area (Å²) in [6.45, 7) is 2.42. The lowest BCUT2D eigenvalue weighted by molar-refractivity contribution is -0.113. The van der Waals surface area contributed by atoms with Crippen LogP contribution in [0.5, 0.6) is 11.5 Å². The molecule has 10 heteroatoms. The van der Waals surface area contributed by atoms with Crippen molar-refractivity contribution in [3.63, 3.8) is 0 Å². The Labute approximate surface area is 224 Å². The standard InChI is InChI=1S/C26H19BrClNO6S/c1-2-34-21-11-17(12-23-24(30)29(26(33)36-23)20-6-4-3-5-19(20)28)18(27)13-22(21)35-14-15-7-9-16(10-8-15)25(31)32/h3-13H,2,14H2,1H3,(H,31,32)/b23-12-. The first-order valence-corrected chi connectivity index (χ1v) is 12.7. The predicted molar refractivity (Wildman–Crippen MR) is 143 cm³/mol. The maximum Gasteiger partial charge on any atom is 0.335 e. The highest BCUT2D eigenvalue weighted by Gasteiger charge is 2.37. The minimum atomic E-state index is -0.995. The lowest BCUT2D eigenvalue weighted by Crippen LogP contribution is -2.27. The Morgan fingerprint density at radius 3 is 2.44 bits per heavy atom. The fraction of sp³-hybridized carbons (Fsp3) is 0.115. The predicted octanol–water partition coefficient (Wildman–Crippen LogP) is 7.02. The van der Waals surface area contributed by atoms with Crippen molar-refractivity contribution < 1.29 is 29.0 Å². The fourth-order valence-corrected chi connectivity index (χ4v) is 4.88. The molecule has 1 heterocycles. The Kier molecular flexibility index (Phi) is 8.03. The van der Waals surface area contributed by atoms with Crippen LogP contribution in [0.4, 0.5) is 10.5 Å². The van der Waals surface area contributed by atoms with E-state index in [2.05, 4.69) is 15.9 Å². The molecule has 0 aliphatic carbocycles. The van der Waals surface area contributed by atoms with Crippen LogP contribution in [0.3, 0.4) is 0 Å². The summed E-state index contributed by atoms with van der Waals surface area (Å²) in [5.41, 5.74) is 1.94. The Morgan fingerprint density at radius 1 is 1.08 bits per heavy atom. The first kappa shape index (κ1) is 25.8. The molecule has 1 aliphatic heterocycles. The van der Waals surface area contributed by atoms with E-state index in [1.807, 2.05) is 6.92 Å². The number of benzene rings is 3. The van der Waals surface area contributed by atoms with Crippen molar-refractivity contribution in [2.75, 3.05) is 11.5 Å². The number of carbonyl (C=O) groups is 3. The molecular formula is C26H19BrClNO6S. The Bertz CT molecular complexity index is 1380. The SMILES string of the molecule is CCOc1cc(/C=C2\SC(=O)N(c3ccccc3Cl)C2=O)c(Br)cc1OCc1ccc(C(=O)O)cc1. The number of amides is 2. The van der Waals surface area contributed by atoms with Crippen LogP contribution in [0.1, 0.15) is 28.4 Å². The van der Waals surface area contributed by atoms with Crippen LogP contribution in [0, 0.1) is 0 Å². The molecule has 0 saturated carbocycles. The molecule has 0 spiro atoms. The van der Waals surface area contributed by atoms with Gasteiger partial charge in [-0.3, -0.25) is 9.59 Å². The number of carbonyl (C=O) groups excluding carboxylic acids is 2. The minimum absolute atomic E-state index is 0.194. The van der Waals surface area contributed by atoms with Gasteiger partial charge in [-0.25, -0.2) is 9.69 Å². The van der Waals surface area contributed by atoms with E-state index < -0.39 is 17.1 Å². The van der Waals surface area contributed by atoms with E-state index in [-0.39, 0.29) is 17.1 Å². The van der Waals surface area contributed by atoms with Crippen LogP contribution in [0.15, 0.2) is 70.0 Å². The summed E-state index contributed by atoms with van der Waals surface area (Å²) in [7, 11) is 0. The molecule has 1 saturated heterocycles. The van der Waals surface area contributed by atoms with Crippen LogP contribution >= 0.6 is 39.3 Å². The van der Waals surface area contributed by atoms with Gasteiger partial charge < -0.3 is 14.6 Å².